The van der Waals surface area contributed by atoms with Crippen molar-refractivity contribution >= 4 is 0 Å². The van der Waals surface area contributed by atoms with Gasteiger partial charge in [0.15, 0.2) is 0 Å². The molecule has 0 fully saturated rings. The van der Waals surface area contributed by atoms with Gasteiger partial charge in [0, 0.05) is 12.6 Å². The van der Waals surface area contributed by atoms with Gasteiger partial charge in [-0.05, 0) is 12.3 Å². The molecule has 0 spiro atoms. The van der Waals surface area contributed by atoms with Crippen molar-refractivity contribution in [3.63, 3.8) is 0 Å². The Balaban J connectivity index is 3.18. The zero-order valence-corrected chi connectivity index (χ0v) is 10.1. The lowest BCUT2D eigenvalue weighted by Crippen LogP contribution is -2.33. The predicted molar refractivity (Wildman–Crippen MR) is 62.4 cm³/mol. The quantitative estimate of drug-likeness (QED) is 0.582. The van der Waals surface area contributed by atoms with E-state index in [1.54, 1.807) is 0 Å². The predicted octanol–water partition coefficient (Wildman–Crippen LogP) is 2.96. The van der Waals surface area contributed by atoms with Crippen molar-refractivity contribution in [2.75, 3.05) is 13.2 Å². The Labute approximate surface area is 89.2 Å². The van der Waals surface area contributed by atoms with Crippen molar-refractivity contribution < 1.29 is 4.74 Å². The zero-order valence-electron chi connectivity index (χ0n) is 10.1. The van der Waals surface area contributed by atoms with E-state index in [9.17, 15) is 0 Å². The van der Waals surface area contributed by atoms with Gasteiger partial charge in [0.05, 0.1) is 6.61 Å². The van der Waals surface area contributed by atoms with Crippen molar-refractivity contribution in [3.8, 4) is 0 Å². The molecule has 2 nitrogen and oxygen atoms in total. The number of rotatable bonds is 9. The van der Waals surface area contributed by atoms with Crippen LogP contribution in [0.5, 0.6) is 0 Å². The highest BCUT2D eigenvalue weighted by atomic mass is 16.5. The molecule has 0 heterocycles. The standard InChI is InChI=1S/C12H27NO/c1-4-6-7-8-9-14-10-12(13)11(3)5-2/h11-12H,4-10,13H2,1-3H3. The van der Waals surface area contributed by atoms with Gasteiger partial charge in [-0.15, -0.1) is 0 Å². The van der Waals surface area contributed by atoms with Crippen LogP contribution in [-0.4, -0.2) is 19.3 Å². The van der Waals surface area contributed by atoms with Gasteiger partial charge in [-0.25, -0.2) is 0 Å². The molecule has 2 atom stereocenters. The van der Waals surface area contributed by atoms with Gasteiger partial charge < -0.3 is 10.5 Å². The second kappa shape index (κ2) is 9.47. The van der Waals surface area contributed by atoms with Crippen LogP contribution < -0.4 is 5.73 Å². The van der Waals surface area contributed by atoms with Crippen LogP contribution in [0.4, 0.5) is 0 Å². The van der Waals surface area contributed by atoms with Crippen LogP contribution in [0.15, 0.2) is 0 Å². The summed E-state index contributed by atoms with van der Waals surface area (Å²) in [6.45, 7) is 8.18. The van der Waals surface area contributed by atoms with Crippen molar-refractivity contribution in [3.05, 3.63) is 0 Å². The summed E-state index contributed by atoms with van der Waals surface area (Å²) in [5.41, 5.74) is 5.94. The van der Waals surface area contributed by atoms with E-state index in [1.807, 2.05) is 0 Å². The lowest BCUT2D eigenvalue weighted by molar-refractivity contribution is 0.103. The average Bonchev–Trinajstić information content (AvgIpc) is 2.21. The maximum absolute atomic E-state index is 5.94. The number of nitrogens with two attached hydrogens (primary N) is 1. The first-order chi connectivity index (χ1) is 6.72. The van der Waals surface area contributed by atoms with E-state index in [4.69, 9.17) is 10.5 Å². The first-order valence-corrected chi connectivity index (χ1v) is 6.05. The highest BCUT2D eigenvalue weighted by Gasteiger charge is 2.09. The number of unbranched alkanes of at least 4 members (excludes halogenated alkanes) is 3. The van der Waals surface area contributed by atoms with Crippen LogP contribution in [0.25, 0.3) is 0 Å². The molecule has 2 heteroatoms. The normalized spacial score (nSPS) is 15.4. The highest BCUT2D eigenvalue weighted by molar-refractivity contribution is 4.66. The van der Waals surface area contributed by atoms with Gasteiger partial charge in [-0.1, -0.05) is 46.5 Å². The fraction of sp³-hybridized carbons (Fsp3) is 1.00. The van der Waals surface area contributed by atoms with Crippen LogP contribution >= 0.6 is 0 Å². The van der Waals surface area contributed by atoms with Crippen molar-refractivity contribution in [2.45, 2.75) is 58.9 Å². The third kappa shape index (κ3) is 7.34. The molecule has 0 aromatic rings. The number of hydrogen-bond acceptors (Lipinski definition) is 2. The average molecular weight is 201 g/mol. The van der Waals surface area contributed by atoms with Gasteiger partial charge in [0.25, 0.3) is 0 Å². The molecular weight excluding hydrogens is 174 g/mol. The molecule has 14 heavy (non-hydrogen) atoms. The molecule has 0 bridgehead atoms. The molecule has 86 valence electrons. The van der Waals surface area contributed by atoms with Crippen LogP contribution in [0, 0.1) is 5.92 Å². The molecule has 0 rings (SSSR count). The van der Waals surface area contributed by atoms with E-state index in [2.05, 4.69) is 20.8 Å². The minimum absolute atomic E-state index is 0.214. The van der Waals surface area contributed by atoms with Crippen LogP contribution in [0.3, 0.4) is 0 Å². The summed E-state index contributed by atoms with van der Waals surface area (Å²) in [7, 11) is 0. The van der Waals surface area contributed by atoms with Gasteiger partial charge in [-0.3, -0.25) is 0 Å². The van der Waals surface area contributed by atoms with Crippen molar-refractivity contribution in [1.82, 2.24) is 0 Å². The molecule has 0 aromatic heterocycles. The Morgan fingerprint density at radius 3 is 2.43 bits per heavy atom. The molecule has 0 amide bonds. The maximum atomic E-state index is 5.94. The van der Waals surface area contributed by atoms with Gasteiger partial charge in [0.1, 0.15) is 0 Å². The summed E-state index contributed by atoms with van der Waals surface area (Å²) in [5, 5.41) is 0. The first-order valence-electron chi connectivity index (χ1n) is 6.05. The summed E-state index contributed by atoms with van der Waals surface area (Å²) in [5.74, 6) is 0.575. The smallest absolute Gasteiger partial charge is 0.0620 e. The first kappa shape index (κ1) is 13.9. The molecule has 2 unspecified atom stereocenters. The van der Waals surface area contributed by atoms with Gasteiger partial charge in [0.2, 0.25) is 0 Å². The lowest BCUT2D eigenvalue weighted by atomic mass is 10.0. The second-order valence-corrected chi connectivity index (χ2v) is 4.18. The Morgan fingerprint density at radius 1 is 1.14 bits per heavy atom. The third-order valence-corrected chi connectivity index (χ3v) is 2.83. The minimum atomic E-state index is 0.214. The molecular formula is C12H27NO. The Hall–Kier alpha value is -0.0800. The van der Waals surface area contributed by atoms with Crippen LogP contribution in [0.2, 0.25) is 0 Å². The summed E-state index contributed by atoms with van der Waals surface area (Å²) in [6, 6.07) is 0.214. The van der Waals surface area contributed by atoms with E-state index in [0.717, 1.165) is 19.6 Å². The SMILES string of the molecule is CCCCCCOCC(N)C(C)CC. The van der Waals surface area contributed by atoms with Crippen molar-refractivity contribution in [1.29, 1.82) is 0 Å². The Bertz CT molecular complexity index is 117. The van der Waals surface area contributed by atoms with Crippen molar-refractivity contribution in [2.24, 2.45) is 11.7 Å². The maximum Gasteiger partial charge on any atom is 0.0620 e. The van der Waals surface area contributed by atoms with E-state index in [-0.39, 0.29) is 6.04 Å². The Kier molecular flexibility index (Phi) is 9.42. The number of ether oxygens (including phenoxy) is 1. The van der Waals surface area contributed by atoms with Gasteiger partial charge in [-0.2, -0.15) is 0 Å². The topological polar surface area (TPSA) is 35.2 Å². The summed E-state index contributed by atoms with van der Waals surface area (Å²) in [6.07, 6.45) is 6.21. The minimum Gasteiger partial charge on any atom is -0.380 e. The fourth-order valence-electron chi connectivity index (χ4n) is 1.32. The fourth-order valence-corrected chi connectivity index (χ4v) is 1.32. The Morgan fingerprint density at radius 2 is 1.86 bits per heavy atom. The van der Waals surface area contributed by atoms with E-state index < -0.39 is 0 Å². The summed E-state index contributed by atoms with van der Waals surface area (Å²) >= 11 is 0. The third-order valence-electron chi connectivity index (χ3n) is 2.83. The monoisotopic (exact) mass is 201 g/mol. The second-order valence-electron chi connectivity index (χ2n) is 4.18. The molecule has 0 aliphatic heterocycles. The molecule has 0 aliphatic rings. The molecule has 0 saturated heterocycles. The van der Waals surface area contributed by atoms with Crippen LogP contribution in [0.1, 0.15) is 52.9 Å². The molecule has 0 radical (unpaired) electrons. The van der Waals surface area contributed by atoms with E-state index >= 15 is 0 Å². The highest BCUT2D eigenvalue weighted by Crippen LogP contribution is 2.06. The number of hydrogen-bond donors (Lipinski definition) is 1. The molecule has 0 aliphatic carbocycles. The lowest BCUT2D eigenvalue weighted by Gasteiger charge is -2.18. The largest absolute Gasteiger partial charge is 0.380 e. The summed E-state index contributed by atoms with van der Waals surface area (Å²) in [4.78, 5) is 0. The van der Waals surface area contributed by atoms with E-state index in [0.29, 0.717) is 5.92 Å². The molecule has 0 saturated carbocycles. The molecule has 0 aromatic carbocycles. The van der Waals surface area contributed by atoms with E-state index in [1.165, 1.54) is 25.7 Å². The summed E-state index contributed by atoms with van der Waals surface area (Å²) < 4.78 is 5.54. The van der Waals surface area contributed by atoms with Gasteiger partial charge >= 0.3 is 0 Å². The zero-order chi connectivity index (χ0) is 10.8. The van der Waals surface area contributed by atoms with Crippen LogP contribution in [-0.2, 0) is 4.74 Å². The molecule has 2 N–H and O–H groups in total.